The second-order valence-corrected chi connectivity index (χ2v) is 4.62. The maximum atomic E-state index is 11.9. The Bertz CT molecular complexity index is 858. The van der Waals surface area contributed by atoms with Crippen LogP contribution in [0.15, 0.2) is 41.2 Å². The van der Waals surface area contributed by atoms with E-state index >= 15 is 0 Å². The molecule has 21 heavy (non-hydrogen) atoms. The van der Waals surface area contributed by atoms with Crippen molar-refractivity contribution in [1.82, 2.24) is 19.7 Å². The molecule has 1 aromatic carbocycles. The SMILES string of the molecule is COc1ccc(=O)n(Cc2nc3ccccc3nc2C)n1. The van der Waals surface area contributed by atoms with Crippen LogP contribution in [0.3, 0.4) is 0 Å². The van der Waals surface area contributed by atoms with Gasteiger partial charge in [-0.05, 0) is 19.1 Å². The Morgan fingerprint density at radius 2 is 1.81 bits per heavy atom. The topological polar surface area (TPSA) is 69.9 Å². The summed E-state index contributed by atoms with van der Waals surface area (Å²) in [5, 5.41) is 4.12. The number of para-hydroxylation sites is 2. The molecule has 2 heterocycles. The van der Waals surface area contributed by atoms with E-state index in [1.807, 2.05) is 31.2 Å². The van der Waals surface area contributed by atoms with Crippen LogP contribution < -0.4 is 10.3 Å². The van der Waals surface area contributed by atoms with Gasteiger partial charge >= 0.3 is 0 Å². The Labute approximate surface area is 121 Å². The van der Waals surface area contributed by atoms with Crippen LogP contribution in [0.4, 0.5) is 0 Å². The molecule has 0 aliphatic carbocycles. The van der Waals surface area contributed by atoms with Crippen molar-refractivity contribution in [3.8, 4) is 5.88 Å². The number of rotatable bonds is 3. The lowest BCUT2D eigenvalue weighted by atomic mass is 10.2. The molecule has 0 amide bonds. The molecule has 0 aliphatic rings. The molecule has 3 aromatic rings. The van der Waals surface area contributed by atoms with Crippen molar-refractivity contribution in [3.05, 3.63) is 58.1 Å². The van der Waals surface area contributed by atoms with Crippen LogP contribution in [0.1, 0.15) is 11.4 Å². The summed E-state index contributed by atoms with van der Waals surface area (Å²) in [5.74, 6) is 0.390. The third-order valence-electron chi connectivity index (χ3n) is 3.19. The highest BCUT2D eigenvalue weighted by Crippen LogP contribution is 2.13. The second kappa shape index (κ2) is 5.32. The van der Waals surface area contributed by atoms with Crippen molar-refractivity contribution in [2.24, 2.45) is 0 Å². The fourth-order valence-electron chi connectivity index (χ4n) is 2.07. The van der Waals surface area contributed by atoms with E-state index in [2.05, 4.69) is 15.1 Å². The molecule has 6 heteroatoms. The molecular weight excluding hydrogens is 268 g/mol. The molecule has 0 bridgehead atoms. The Morgan fingerprint density at radius 3 is 2.52 bits per heavy atom. The van der Waals surface area contributed by atoms with Gasteiger partial charge in [0.2, 0.25) is 5.88 Å². The van der Waals surface area contributed by atoms with E-state index in [4.69, 9.17) is 4.74 Å². The van der Waals surface area contributed by atoms with Crippen LogP contribution in [0.25, 0.3) is 11.0 Å². The van der Waals surface area contributed by atoms with Gasteiger partial charge in [0.05, 0.1) is 36.1 Å². The van der Waals surface area contributed by atoms with Crippen LogP contribution in [-0.2, 0) is 6.54 Å². The molecule has 6 nitrogen and oxygen atoms in total. The van der Waals surface area contributed by atoms with E-state index in [1.54, 1.807) is 0 Å². The summed E-state index contributed by atoms with van der Waals surface area (Å²) in [6.07, 6.45) is 0. The summed E-state index contributed by atoms with van der Waals surface area (Å²) in [7, 11) is 1.51. The summed E-state index contributed by atoms with van der Waals surface area (Å²) in [6.45, 7) is 2.14. The van der Waals surface area contributed by atoms with Gasteiger partial charge in [-0.2, -0.15) is 0 Å². The average Bonchev–Trinajstić information content (AvgIpc) is 2.50. The van der Waals surface area contributed by atoms with Gasteiger partial charge in [-0.15, -0.1) is 5.10 Å². The number of benzene rings is 1. The summed E-state index contributed by atoms with van der Waals surface area (Å²) in [4.78, 5) is 20.9. The molecule has 0 atom stereocenters. The molecule has 0 saturated carbocycles. The number of hydrogen-bond donors (Lipinski definition) is 0. The van der Waals surface area contributed by atoms with Gasteiger partial charge in [0, 0.05) is 12.1 Å². The monoisotopic (exact) mass is 282 g/mol. The van der Waals surface area contributed by atoms with Crippen LogP contribution in [0.2, 0.25) is 0 Å². The minimum absolute atomic E-state index is 0.204. The van der Waals surface area contributed by atoms with E-state index in [0.717, 1.165) is 22.4 Å². The maximum absolute atomic E-state index is 11.9. The third-order valence-corrected chi connectivity index (χ3v) is 3.19. The summed E-state index contributed by atoms with van der Waals surface area (Å²) < 4.78 is 6.37. The first-order chi connectivity index (χ1) is 10.2. The number of aromatic nitrogens is 4. The molecule has 3 rings (SSSR count). The van der Waals surface area contributed by atoms with E-state index in [9.17, 15) is 4.79 Å². The van der Waals surface area contributed by atoms with Crippen molar-refractivity contribution in [1.29, 1.82) is 0 Å². The van der Waals surface area contributed by atoms with Gasteiger partial charge in [-0.3, -0.25) is 4.79 Å². The lowest BCUT2D eigenvalue weighted by Crippen LogP contribution is -2.23. The van der Waals surface area contributed by atoms with Gasteiger partial charge in [-0.1, -0.05) is 12.1 Å². The third kappa shape index (κ3) is 2.60. The predicted octanol–water partition coefficient (Wildman–Crippen LogP) is 1.55. The van der Waals surface area contributed by atoms with E-state index in [0.29, 0.717) is 5.88 Å². The van der Waals surface area contributed by atoms with Crippen molar-refractivity contribution >= 4 is 11.0 Å². The zero-order chi connectivity index (χ0) is 14.8. The molecule has 0 unspecified atom stereocenters. The number of hydrogen-bond acceptors (Lipinski definition) is 5. The number of ether oxygens (including phenoxy) is 1. The highest BCUT2D eigenvalue weighted by Gasteiger charge is 2.08. The van der Waals surface area contributed by atoms with Crippen LogP contribution in [-0.4, -0.2) is 26.9 Å². The van der Waals surface area contributed by atoms with Crippen molar-refractivity contribution in [3.63, 3.8) is 0 Å². The quantitative estimate of drug-likeness (QED) is 0.729. The van der Waals surface area contributed by atoms with Crippen LogP contribution in [0.5, 0.6) is 5.88 Å². The zero-order valence-corrected chi connectivity index (χ0v) is 11.8. The van der Waals surface area contributed by atoms with Crippen molar-refractivity contribution in [2.75, 3.05) is 7.11 Å². The molecule has 0 saturated heterocycles. The maximum Gasteiger partial charge on any atom is 0.267 e. The highest BCUT2D eigenvalue weighted by atomic mass is 16.5. The van der Waals surface area contributed by atoms with E-state index in [-0.39, 0.29) is 12.1 Å². The summed E-state index contributed by atoms with van der Waals surface area (Å²) in [5.41, 5.74) is 2.94. The van der Waals surface area contributed by atoms with Gasteiger partial charge in [0.15, 0.2) is 0 Å². The normalized spacial score (nSPS) is 10.8. The fourth-order valence-corrected chi connectivity index (χ4v) is 2.07. The molecule has 2 aromatic heterocycles. The minimum atomic E-state index is -0.204. The Hall–Kier alpha value is -2.76. The molecule has 0 N–H and O–H groups in total. The first kappa shape index (κ1) is 13.2. The van der Waals surface area contributed by atoms with Crippen LogP contribution in [0, 0.1) is 6.92 Å². The van der Waals surface area contributed by atoms with Crippen LogP contribution >= 0.6 is 0 Å². The second-order valence-electron chi connectivity index (χ2n) is 4.62. The number of methoxy groups -OCH3 is 1. The lowest BCUT2D eigenvalue weighted by Gasteiger charge is -2.08. The molecule has 0 fully saturated rings. The van der Waals surface area contributed by atoms with E-state index < -0.39 is 0 Å². The molecule has 106 valence electrons. The van der Waals surface area contributed by atoms with Gasteiger partial charge < -0.3 is 4.74 Å². The number of fused-ring (bicyclic) bond motifs is 1. The van der Waals surface area contributed by atoms with Gasteiger partial charge in [0.25, 0.3) is 5.56 Å². The van der Waals surface area contributed by atoms with Crippen molar-refractivity contribution in [2.45, 2.75) is 13.5 Å². The molecular formula is C15H14N4O2. The number of aryl methyl sites for hydroxylation is 1. The zero-order valence-electron chi connectivity index (χ0n) is 11.8. The molecule has 0 spiro atoms. The average molecular weight is 282 g/mol. The predicted molar refractivity (Wildman–Crippen MR) is 78.4 cm³/mol. The van der Waals surface area contributed by atoms with E-state index in [1.165, 1.54) is 23.9 Å². The molecule has 0 radical (unpaired) electrons. The highest BCUT2D eigenvalue weighted by molar-refractivity contribution is 5.74. The first-order valence-corrected chi connectivity index (χ1v) is 6.52. The Morgan fingerprint density at radius 1 is 1.10 bits per heavy atom. The van der Waals surface area contributed by atoms with Crippen molar-refractivity contribution < 1.29 is 4.74 Å². The van der Waals surface area contributed by atoms with Gasteiger partial charge in [-0.25, -0.2) is 14.6 Å². The summed E-state index contributed by atoms with van der Waals surface area (Å²) in [6, 6.07) is 10.6. The molecule has 0 aliphatic heterocycles. The fraction of sp³-hybridized carbons (Fsp3) is 0.200. The number of nitrogens with zero attached hydrogens (tertiary/aromatic N) is 4. The standard InChI is InChI=1S/C15H14N4O2/c1-10-13(17-12-6-4-3-5-11(12)16-10)9-19-15(20)8-7-14(18-19)21-2/h3-8H,9H2,1-2H3. The minimum Gasteiger partial charge on any atom is -0.480 e. The summed E-state index contributed by atoms with van der Waals surface area (Å²) >= 11 is 0. The lowest BCUT2D eigenvalue weighted by molar-refractivity contribution is 0.378. The first-order valence-electron chi connectivity index (χ1n) is 6.52. The smallest absolute Gasteiger partial charge is 0.267 e. The Kier molecular flexibility index (Phi) is 3.35. The van der Waals surface area contributed by atoms with Gasteiger partial charge in [0.1, 0.15) is 0 Å². The largest absolute Gasteiger partial charge is 0.480 e. The Balaban J connectivity index is 2.05.